The van der Waals surface area contributed by atoms with E-state index in [1.54, 1.807) is 24.0 Å². The number of aliphatic hydroxyl groups is 1. The molecule has 0 aliphatic rings. The van der Waals surface area contributed by atoms with Crippen LogP contribution >= 0.6 is 0 Å². The molecular formula is C9H13N5O2. The van der Waals surface area contributed by atoms with E-state index < -0.39 is 6.04 Å². The van der Waals surface area contributed by atoms with E-state index in [4.69, 9.17) is 15.4 Å². The second kappa shape index (κ2) is 4.42. The Hall–Kier alpha value is -1.73. The third kappa shape index (κ3) is 2.10. The van der Waals surface area contributed by atoms with Gasteiger partial charge < -0.3 is 19.9 Å². The fourth-order valence-corrected chi connectivity index (χ4v) is 1.42. The molecule has 0 radical (unpaired) electrons. The maximum Gasteiger partial charge on any atom is 0.246 e. The predicted octanol–water partition coefficient (Wildman–Crippen LogP) is -0.385. The van der Waals surface area contributed by atoms with Crippen molar-refractivity contribution in [2.45, 2.75) is 19.5 Å². The molecule has 0 aliphatic carbocycles. The third-order valence-electron chi connectivity index (χ3n) is 2.20. The van der Waals surface area contributed by atoms with Gasteiger partial charge in [-0.15, -0.1) is 0 Å². The molecule has 0 fully saturated rings. The Morgan fingerprint density at radius 2 is 2.44 bits per heavy atom. The Morgan fingerprint density at radius 3 is 3.06 bits per heavy atom. The molecule has 2 aromatic heterocycles. The monoisotopic (exact) mass is 223 g/mol. The van der Waals surface area contributed by atoms with Crippen LogP contribution in [0.2, 0.25) is 0 Å². The summed E-state index contributed by atoms with van der Waals surface area (Å²) in [5.41, 5.74) is 6.46. The SMILES string of the molecule is Cc1noc(Cn2cncc2C(N)CO)n1. The molecule has 0 spiro atoms. The molecule has 0 bridgehead atoms. The number of hydrogen-bond donors (Lipinski definition) is 2. The summed E-state index contributed by atoms with van der Waals surface area (Å²) in [6, 6.07) is -0.452. The molecule has 16 heavy (non-hydrogen) atoms. The van der Waals surface area contributed by atoms with Crippen LogP contribution in [0.15, 0.2) is 17.0 Å². The van der Waals surface area contributed by atoms with Gasteiger partial charge in [-0.1, -0.05) is 5.16 Å². The standard InChI is InChI=1S/C9H13N5O2/c1-6-12-9(16-13-6)3-14-5-11-2-8(14)7(10)4-15/h2,5,7,15H,3-4,10H2,1H3. The number of aliphatic hydroxyl groups excluding tert-OH is 1. The van der Waals surface area contributed by atoms with Gasteiger partial charge in [0, 0.05) is 6.20 Å². The van der Waals surface area contributed by atoms with Crippen LogP contribution in [0.1, 0.15) is 23.5 Å². The minimum atomic E-state index is -0.452. The first kappa shape index (κ1) is 10.8. The largest absolute Gasteiger partial charge is 0.394 e. The van der Waals surface area contributed by atoms with Crippen molar-refractivity contribution in [2.24, 2.45) is 5.73 Å². The summed E-state index contributed by atoms with van der Waals surface area (Å²) in [4.78, 5) is 8.06. The minimum absolute atomic E-state index is 0.130. The molecule has 2 aromatic rings. The first-order valence-corrected chi connectivity index (χ1v) is 4.86. The van der Waals surface area contributed by atoms with Crippen LogP contribution in [-0.4, -0.2) is 31.4 Å². The molecule has 1 unspecified atom stereocenters. The van der Waals surface area contributed by atoms with Crippen molar-refractivity contribution < 1.29 is 9.63 Å². The van der Waals surface area contributed by atoms with Gasteiger partial charge in [0.25, 0.3) is 0 Å². The number of aryl methyl sites for hydroxylation is 1. The van der Waals surface area contributed by atoms with Crippen LogP contribution in [0, 0.1) is 6.92 Å². The van der Waals surface area contributed by atoms with Crippen molar-refractivity contribution in [1.82, 2.24) is 19.7 Å². The fourth-order valence-electron chi connectivity index (χ4n) is 1.42. The lowest BCUT2D eigenvalue weighted by Gasteiger charge is -2.10. The van der Waals surface area contributed by atoms with Crippen LogP contribution in [-0.2, 0) is 6.54 Å². The molecule has 0 aromatic carbocycles. The van der Waals surface area contributed by atoms with Gasteiger partial charge in [-0.3, -0.25) is 0 Å². The lowest BCUT2D eigenvalue weighted by molar-refractivity contribution is 0.262. The van der Waals surface area contributed by atoms with E-state index >= 15 is 0 Å². The van der Waals surface area contributed by atoms with Crippen molar-refractivity contribution in [3.05, 3.63) is 29.9 Å². The van der Waals surface area contributed by atoms with Crippen LogP contribution in [0.25, 0.3) is 0 Å². The summed E-state index contributed by atoms with van der Waals surface area (Å²) < 4.78 is 6.76. The number of hydrogen-bond acceptors (Lipinski definition) is 6. The summed E-state index contributed by atoms with van der Waals surface area (Å²) in [6.07, 6.45) is 3.23. The molecule has 3 N–H and O–H groups in total. The Labute approximate surface area is 91.9 Å². The summed E-state index contributed by atoms with van der Waals surface area (Å²) in [5, 5.41) is 12.7. The van der Waals surface area contributed by atoms with E-state index in [-0.39, 0.29) is 6.61 Å². The molecule has 7 nitrogen and oxygen atoms in total. The van der Waals surface area contributed by atoms with Crippen LogP contribution in [0.3, 0.4) is 0 Å². The molecule has 2 heterocycles. The maximum absolute atomic E-state index is 8.98. The van der Waals surface area contributed by atoms with E-state index in [0.29, 0.717) is 18.3 Å². The van der Waals surface area contributed by atoms with Crippen LogP contribution in [0.5, 0.6) is 0 Å². The Kier molecular flexibility index (Phi) is 2.97. The van der Waals surface area contributed by atoms with Crippen molar-refractivity contribution >= 4 is 0 Å². The molecular weight excluding hydrogens is 210 g/mol. The molecule has 86 valence electrons. The molecule has 7 heteroatoms. The normalized spacial score (nSPS) is 12.9. The molecule has 0 aliphatic heterocycles. The number of rotatable bonds is 4. The van der Waals surface area contributed by atoms with Crippen LogP contribution in [0.4, 0.5) is 0 Å². The van der Waals surface area contributed by atoms with Crippen molar-refractivity contribution in [3.63, 3.8) is 0 Å². The zero-order chi connectivity index (χ0) is 11.5. The fraction of sp³-hybridized carbons (Fsp3) is 0.444. The van der Waals surface area contributed by atoms with Gasteiger partial charge in [0.15, 0.2) is 5.82 Å². The molecule has 2 rings (SSSR count). The highest BCUT2D eigenvalue weighted by Crippen LogP contribution is 2.10. The van der Waals surface area contributed by atoms with E-state index in [2.05, 4.69) is 15.1 Å². The highest BCUT2D eigenvalue weighted by molar-refractivity contribution is 5.06. The van der Waals surface area contributed by atoms with Gasteiger partial charge in [-0.2, -0.15) is 4.98 Å². The summed E-state index contributed by atoms with van der Waals surface area (Å²) >= 11 is 0. The average Bonchev–Trinajstić information content (AvgIpc) is 2.87. The first-order valence-electron chi connectivity index (χ1n) is 4.86. The molecule has 1 atom stereocenters. The van der Waals surface area contributed by atoms with Crippen molar-refractivity contribution in [2.75, 3.05) is 6.61 Å². The van der Waals surface area contributed by atoms with E-state index in [1.165, 1.54) is 0 Å². The van der Waals surface area contributed by atoms with Gasteiger partial charge in [0.2, 0.25) is 5.89 Å². The highest BCUT2D eigenvalue weighted by Gasteiger charge is 2.12. The van der Waals surface area contributed by atoms with E-state index in [0.717, 1.165) is 5.69 Å². The maximum atomic E-state index is 8.98. The number of aromatic nitrogens is 4. The Balaban J connectivity index is 2.18. The highest BCUT2D eigenvalue weighted by atomic mass is 16.5. The third-order valence-corrected chi connectivity index (χ3v) is 2.20. The lowest BCUT2D eigenvalue weighted by atomic mass is 10.2. The van der Waals surface area contributed by atoms with Gasteiger partial charge in [-0.05, 0) is 6.92 Å². The van der Waals surface area contributed by atoms with Gasteiger partial charge in [-0.25, -0.2) is 4.98 Å². The zero-order valence-electron chi connectivity index (χ0n) is 8.87. The minimum Gasteiger partial charge on any atom is -0.394 e. The number of imidazole rings is 1. The smallest absolute Gasteiger partial charge is 0.246 e. The Bertz CT molecular complexity index is 464. The molecule has 0 saturated heterocycles. The topological polar surface area (TPSA) is 103 Å². The predicted molar refractivity (Wildman–Crippen MR) is 54.4 cm³/mol. The second-order valence-electron chi connectivity index (χ2n) is 3.47. The van der Waals surface area contributed by atoms with E-state index in [9.17, 15) is 0 Å². The lowest BCUT2D eigenvalue weighted by Crippen LogP contribution is -2.19. The molecule has 0 saturated carbocycles. The molecule has 0 amide bonds. The number of nitrogens with zero attached hydrogens (tertiary/aromatic N) is 4. The van der Waals surface area contributed by atoms with Gasteiger partial charge >= 0.3 is 0 Å². The van der Waals surface area contributed by atoms with Gasteiger partial charge in [0.1, 0.15) is 6.54 Å². The van der Waals surface area contributed by atoms with E-state index in [1.807, 2.05) is 0 Å². The second-order valence-corrected chi connectivity index (χ2v) is 3.47. The average molecular weight is 223 g/mol. The quantitative estimate of drug-likeness (QED) is 0.732. The summed E-state index contributed by atoms with van der Waals surface area (Å²) in [7, 11) is 0. The summed E-state index contributed by atoms with van der Waals surface area (Å²) in [5.74, 6) is 1.07. The van der Waals surface area contributed by atoms with Crippen molar-refractivity contribution in [3.8, 4) is 0 Å². The summed E-state index contributed by atoms with van der Waals surface area (Å²) in [6.45, 7) is 2.03. The number of nitrogens with two attached hydrogens (primary N) is 1. The Morgan fingerprint density at radius 1 is 1.62 bits per heavy atom. The zero-order valence-corrected chi connectivity index (χ0v) is 8.87. The van der Waals surface area contributed by atoms with Crippen molar-refractivity contribution in [1.29, 1.82) is 0 Å². The van der Waals surface area contributed by atoms with Crippen LogP contribution < -0.4 is 5.73 Å². The first-order chi connectivity index (χ1) is 7.70. The van der Waals surface area contributed by atoms with Gasteiger partial charge in [0.05, 0.1) is 24.7 Å².